The first-order chi connectivity index (χ1) is 8.83. The minimum Gasteiger partial charge on any atom is -0.481 e. The molecule has 1 aromatic heterocycles. The molecule has 0 bridgehead atoms. The Morgan fingerprint density at radius 3 is 2.68 bits per heavy atom. The van der Waals surface area contributed by atoms with E-state index in [1.54, 1.807) is 11.8 Å². The lowest BCUT2D eigenvalue weighted by atomic mass is 9.88. The molecule has 0 saturated carbocycles. The SMILES string of the molecule is CCC(C)C(C)(O)CNCc1c(C)nn(C)c1OC. The van der Waals surface area contributed by atoms with Crippen LogP contribution in [0.4, 0.5) is 0 Å². The van der Waals surface area contributed by atoms with E-state index in [0.717, 1.165) is 23.6 Å². The third-order valence-electron chi connectivity index (χ3n) is 3.94. The van der Waals surface area contributed by atoms with Crippen LogP contribution in [0.3, 0.4) is 0 Å². The van der Waals surface area contributed by atoms with Crippen LogP contribution in [-0.2, 0) is 13.6 Å². The smallest absolute Gasteiger partial charge is 0.216 e. The van der Waals surface area contributed by atoms with Crippen molar-refractivity contribution in [3.05, 3.63) is 11.3 Å². The van der Waals surface area contributed by atoms with E-state index in [9.17, 15) is 5.11 Å². The Bertz CT molecular complexity index is 413. The number of aryl methyl sites for hydroxylation is 2. The molecule has 1 rings (SSSR count). The summed E-state index contributed by atoms with van der Waals surface area (Å²) in [5.41, 5.74) is 1.30. The first kappa shape index (κ1) is 16.0. The minimum atomic E-state index is -0.696. The molecule has 1 heterocycles. The van der Waals surface area contributed by atoms with Gasteiger partial charge < -0.3 is 15.2 Å². The van der Waals surface area contributed by atoms with E-state index in [0.29, 0.717) is 13.1 Å². The lowest BCUT2D eigenvalue weighted by Crippen LogP contribution is -2.42. The third kappa shape index (κ3) is 3.70. The molecule has 5 heteroatoms. The number of nitrogens with zero attached hydrogens (tertiary/aromatic N) is 2. The fourth-order valence-electron chi connectivity index (χ4n) is 2.19. The average Bonchev–Trinajstić information content (AvgIpc) is 2.62. The summed E-state index contributed by atoms with van der Waals surface area (Å²) in [6.45, 7) is 9.20. The van der Waals surface area contributed by atoms with E-state index in [2.05, 4.69) is 24.3 Å². The molecule has 0 fully saturated rings. The van der Waals surface area contributed by atoms with Crippen molar-refractivity contribution >= 4 is 0 Å². The Labute approximate surface area is 116 Å². The number of aliphatic hydroxyl groups is 1. The van der Waals surface area contributed by atoms with Crippen molar-refractivity contribution in [2.75, 3.05) is 13.7 Å². The summed E-state index contributed by atoms with van der Waals surface area (Å²) in [6, 6.07) is 0. The summed E-state index contributed by atoms with van der Waals surface area (Å²) >= 11 is 0. The zero-order valence-corrected chi connectivity index (χ0v) is 12.9. The summed E-state index contributed by atoms with van der Waals surface area (Å²) in [5.74, 6) is 1.03. The molecular formula is C14H27N3O2. The van der Waals surface area contributed by atoms with E-state index in [4.69, 9.17) is 4.74 Å². The molecular weight excluding hydrogens is 242 g/mol. The van der Waals surface area contributed by atoms with Crippen molar-refractivity contribution < 1.29 is 9.84 Å². The zero-order valence-electron chi connectivity index (χ0n) is 12.9. The predicted octanol–water partition coefficient (Wildman–Crippen LogP) is 1.62. The maximum Gasteiger partial charge on any atom is 0.216 e. The minimum absolute atomic E-state index is 0.261. The molecule has 110 valence electrons. The Morgan fingerprint density at radius 1 is 1.53 bits per heavy atom. The standard InChI is InChI=1S/C14H27N3O2/c1-7-10(2)14(4,18)9-15-8-12-11(3)16-17(5)13(12)19-6/h10,15,18H,7-9H2,1-6H3. The lowest BCUT2D eigenvalue weighted by Gasteiger charge is -2.30. The molecule has 0 saturated heterocycles. The van der Waals surface area contributed by atoms with Gasteiger partial charge in [0.2, 0.25) is 5.88 Å². The van der Waals surface area contributed by atoms with E-state index in [-0.39, 0.29) is 5.92 Å². The molecule has 2 atom stereocenters. The highest BCUT2D eigenvalue weighted by Gasteiger charge is 2.26. The van der Waals surface area contributed by atoms with Crippen LogP contribution in [0.25, 0.3) is 0 Å². The number of hydrogen-bond acceptors (Lipinski definition) is 4. The van der Waals surface area contributed by atoms with Gasteiger partial charge in [-0.25, -0.2) is 4.68 Å². The maximum atomic E-state index is 10.3. The number of rotatable bonds is 7. The third-order valence-corrected chi connectivity index (χ3v) is 3.94. The van der Waals surface area contributed by atoms with Crippen LogP contribution in [0.2, 0.25) is 0 Å². The van der Waals surface area contributed by atoms with Crippen molar-refractivity contribution in [1.29, 1.82) is 0 Å². The highest BCUT2D eigenvalue weighted by molar-refractivity contribution is 5.30. The molecule has 19 heavy (non-hydrogen) atoms. The van der Waals surface area contributed by atoms with Gasteiger partial charge in [-0.3, -0.25) is 0 Å². The quantitative estimate of drug-likeness (QED) is 0.790. The summed E-state index contributed by atoms with van der Waals surface area (Å²) in [5, 5.41) is 18.0. The number of ether oxygens (including phenoxy) is 1. The van der Waals surface area contributed by atoms with E-state index in [1.165, 1.54) is 0 Å². The maximum absolute atomic E-state index is 10.3. The van der Waals surface area contributed by atoms with Crippen LogP contribution in [0, 0.1) is 12.8 Å². The van der Waals surface area contributed by atoms with Crippen LogP contribution in [0.1, 0.15) is 38.4 Å². The molecule has 5 nitrogen and oxygen atoms in total. The second kappa shape index (κ2) is 6.39. The highest BCUT2D eigenvalue weighted by Crippen LogP contribution is 2.22. The van der Waals surface area contributed by atoms with Crippen LogP contribution in [0.15, 0.2) is 0 Å². The van der Waals surface area contributed by atoms with Crippen LogP contribution in [0.5, 0.6) is 5.88 Å². The zero-order chi connectivity index (χ0) is 14.6. The van der Waals surface area contributed by atoms with Gasteiger partial charge in [-0.1, -0.05) is 20.3 Å². The molecule has 1 aromatic rings. The van der Waals surface area contributed by atoms with Crippen molar-refractivity contribution in [2.45, 2.75) is 46.3 Å². The van der Waals surface area contributed by atoms with Gasteiger partial charge in [0.1, 0.15) is 0 Å². The normalized spacial score (nSPS) is 16.2. The second-order valence-corrected chi connectivity index (χ2v) is 5.47. The Balaban J connectivity index is 2.63. The van der Waals surface area contributed by atoms with Gasteiger partial charge in [-0.2, -0.15) is 5.10 Å². The Kier molecular flexibility index (Phi) is 5.38. The van der Waals surface area contributed by atoms with Gasteiger partial charge in [0, 0.05) is 20.1 Å². The molecule has 0 amide bonds. The van der Waals surface area contributed by atoms with E-state index < -0.39 is 5.60 Å². The first-order valence-electron chi connectivity index (χ1n) is 6.83. The van der Waals surface area contributed by atoms with Crippen molar-refractivity contribution in [1.82, 2.24) is 15.1 Å². The monoisotopic (exact) mass is 269 g/mol. The average molecular weight is 269 g/mol. The van der Waals surface area contributed by atoms with Gasteiger partial charge in [-0.15, -0.1) is 0 Å². The summed E-state index contributed by atoms with van der Waals surface area (Å²) in [7, 11) is 3.51. The number of hydrogen-bond donors (Lipinski definition) is 2. The topological polar surface area (TPSA) is 59.3 Å². The molecule has 2 unspecified atom stereocenters. The van der Waals surface area contributed by atoms with E-state index in [1.807, 2.05) is 20.9 Å². The van der Waals surface area contributed by atoms with Gasteiger partial charge in [0.25, 0.3) is 0 Å². The van der Waals surface area contributed by atoms with E-state index >= 15 is 0 Å². The Hall–Kier alpha value is -1.07. The molecule has 0 aliphatic carbocycles. The van der Waals surface area contributed by atoms with Crippen LogP contribution >= 0.6 is 0 Å². The number of aromatic nitrogens is 2. The highest BCUT2D eigenvalue weighted by atomic mass is 16.5. The van der Waals surface area contributed by atoms with Crippen molar-refractivity contribution in [2.24, 2.45) is 13.0 Å². The van der Waals surface area contributed by atoms with Crippen molar-refractivity contribution in [3.8, 4) is 5.88 Å². The van der Waals surface area contributed by atoms with Gasteiger partial charge in [-0.05, 0) is 19.8 Å². The largest absolute Gasteiger partial charge is 0.481 e. The number of methoxy groups -OCH3 is 1. The fraction of sp³-hybridized carbons (Fsp3) is 0.786. The van der Waals surface area contributed by atoms with Crippen LogP contribution in [-0.4, -0.2) is 34.1 Å². The molecule has 0 spiro atoms. The first-order valence-corrected chi connectivity index (χ1v) is 6.83. The molecule has 0 aliphatic heterocycles. The number of nitrogens with one attached hydrogen (secondary N) is 1. The lowest BCUT2D eigenvalue weighted by molar-refractivity contribution is 0.00530. The van der Waals surface area contributed by atoms with Gasteiger partial charge in [0.15, 0.2) is 0 Å². The second-order valence-electron chi connectivity index (χ2n) is 5.47. The van der Waals surface area contributed by atoms with Gasteiger partial charge >= 0.3 is 0 Å². The van der Waals surface area contributed by atoms with Crippen molar-refractivity contribution in [3.63, 3.8) is 0 Å². The summed E-state index contributed by atoms with van der Waals surface area (Å²) < 4.78 is 7.08. The molecule has 0 aliphatic rings. The molecule has 0 radical (unpaired) electrons. The summed E-state index contributed by atoms with van der Waals surface area (Å²) in [6.07, 6.45) is 0.962. The van der Waals surface area contributed by atoms with Crippen LogP contribution < -0.4 is 10.1 Å². The fourth-order valence-corrected chi connectivity index (χ4v) is 2.19. The van der Waals surface area contributed by atoms with Gasteiger partial charge in [0.05, 0.1) is 24.0 Å². The predicted molar refractivity (Wildman–Crippen MR) is 76.3 cm³/mol. The Morgan fingerprint density at radius 2 is 2.16 bits per heavy atom. The molecule has 0 aromatic carbocycles. The molecule has 2 N–H and O–H groups in total. The summed E-state index contributed by atoms with van der Waals surface area (Å²) in [4.78, 5) is 0.